The quantitative estimate of drug-likeness (QED) is 0.776. The van der Waals surface area contributed by atoms with E-state index in [2.05, 4.69) is 4.98 Å². The Hall–Kier alpha value is -1.94. The molecule has 1 atom stereocenters. The standard InChI is InChI=1S/C9H8N2O4S/c1-2-16(15)8-5(4-10)3-6(9(13)14)7(12)11-8/h3H,2H2,1H3,(H,11,12)(H,13,14). The number of pyridine rings is 1. The third kappa shape index (κ3) is 2.17. The summed E-state index contributed by atoms with van der Waals surface area (Å²) in [4.78, 5) is 24.1. The number of rotatable bonds is 3. The first-order valence-corrected chi connectivity index (χ1v) is 5.62. The van der Waals surface area contributed by atoms with Crippen molar-refractivity contribution in [1.82, 2.24) is 4.98 Å². The fraction of sp³-hybridized carbons (Fsp3) is 0.222. The van der Waals surface area contributed by atoms with Crippen LogP contribution in [0, 0.1) is 11.3 Å². The van der Waals surface area contributed by atoms with Gasteiger partial charge in [0.2, 0.25) is 0 Å². The zero-order valence-corrected chi connectivity index (χ0v) is 9.13. The van der Waals surface area contributed by atoms with Gasteiger partial charge in [0, 0.05) is 5.75 Å². The first-order chi connectivity index (χ1) is 7.51. The van der Waals surface area contributed by atoms with E-state index in [0.29, 0.717) is 0 Å². The minimum absolute atomic E-state index is 0.0278. The van der Waals surface area contributed by atoms with Crippen molar-refractivity contribution in [2.45, 2.75) is 11.9 Å². The molecule has 1 rings (SSSR count). The normalized spacial score (nSPS) is 11.8. The molecule has 0 saturated heterocycles. The van der Waals surface area contributed by atoms with Crippen molar-refractivity contribution < 1.29 is 14.1 Å². The summed E-state index contributed by atoms with van der Waals surface area (Å²) in [5, 5.41) is 17.4. The van der Waals surface area contributed by atoms with E-state index in [0.717, 1.165) is 6.07 Å². The smallest absolute Gasteiger partial charge is 0.341 e. The average Bonchev–Trinajstić information content (AvgIpc) is 2.27. The maximum Gasteiger partial charge on any atom is 0.341 e. The van der Waals surface area contributed by atoms with E-state index in [1.54, 1.807) is 13.0 Å². The van der Waals surface area contributed by atoms with E-state index in [-0.39, 0.29) is 16.3 Å². The molecule has 7 heteroatoms. The third-order valence-electron chi connectivity index (χ3n) is 1.85. The van der Waals surface area contributed by atoms with Crippen LogP contribution < -0.4 is 5.56 Å². The highest BCUT2D eigenvalue weighted by Crippen LogP contribution is 2.09. The maximum atomic E-state index is 11.5. The first kappa shape index (κ1) is 12.1. The molecule has 0 saturated carbocycles. The van der Waals surface area contributed by atoms with Crippen molar-refractivity contribution in [3.63, 3.8) is 0 Å². The number of H-pyrrole nitrogens is 1. The molecule has 2 N–H and O–H groups in total. The molecule has 0 aromatic carbocycles. The molecular formula is C9H8N2O4S. The lowest BCUT2D eigenvalue weighted by Crippen LogP contribution is -2.20. The monoisotopic (exact) mass is 240 g/mol. The Kier molecular flexibility index (Phi) is 3.58. The van der Waals surface area contributed by atoms with E-state index in [4.69, 9.17) is 10.4 Å². The first-order valence-electron chi connectivity index (χ1n) is 4.30. The molecule has 84 valence electrons. The molecule has 0 bridgehead atoms. The van der Waals surface area contributed by atoms with Crippen LogP contribution in [0.4, 0.5) is 0 Å². The van der Waals surface area contributed by atoms with Crippen molar-refractivity contribution in [1.29, 1.82) is 5.26 Å². The number of hydrogen-bond donors (Lipinski definition) is 2. The summed E-state index contributed by atoms with van der Waals surface area (Å²) in [6.45, 7) is 1.63. The summed E-state index contributed by atoms with van der Waals surface area (Å²) in [5.41, 5.74) is -1.48. The van der Waals surface area contributed by atoms with Crippen molar-refractivity contribution in [3.8, 4) is 6.07 Å². The van der Waals surface area contributed by atoms with Gasteiger partial charge in [-0.25, -0.2) is 4.79 Å². The van der Waals surface area contributed by atoms with Crippen LogP contribution in [-0.2, 0) is 10.8 Å². The van der Waals surface area contributed by atoms with Crippen LogP contribution in [0.3, 0.4) is 0 Å². The summed E-state index contributed by atoms with van der Waals surface area (Å²) >= 11 is 0. The zero-order chi connectivity index (χ0) is 12.3. The SMILES string of the molecule is CCS(=O)c1[nH]c(=O)c(C(=O)O)cc1C#N. The predicted molar refractivity (Wildman–Crippen MR) is 55.7 cm³/mol. The Morgan fingerprint density at radius 3 is 2.75 bits per heavy atom. The number of hydrogen-bond acceptors (Lipinski definition) is 4. The van der Waals surface area contributed by atoms with Crippen molar-refractivity contribution >= 4 is 16.8 Å². The number of nitriles is 1. The fourth-order valence-electron chi connectivity index (χ4n) is 1.08. The van der Waals surface area contributed by atoms with Crippen molar-refractivity contribution in [2.75, 3.05) is 5.75 Å². The molecule has 16 heavy (non-hydrogen) atoms. The lowest BCUT2D eigenvalue weighted by atomic mass is 10.2. The summed E-state index contributed by atoms with van der Waals surface area (Å²) in [7, 11) is -1.50. The largest absolute Gasteiger partial charge is 0.477 e. The Bertz CT molecular complexity index is 556. The van der Waals surface area contributed by atoms with Gasteiger partial charge in [0.15, 0.2) is 0 Å². The van der Waals surface area contributed by atoms with Gasteiger partial charge in [-0.15, -0.1) is 0 Å². The van der Waals surface area contributed by atoms with E-state index >= 15 is 0 Å². The number of carbonyl (C=O) groups is 1. The minimum atomic E-state index is -1.50. The number of aromatic amines is 1. The molecule has 0 spiro atoms. The summed E-state index contributed by atoms with van der Waals surface area (Å²) in [6.07, 6.45) is 0. The topological polar surface area (TPSA) is 111 Å². The molecule has 1 aromatic rings. The lowest BCUT2D eigenvalue weighted by molar-refractivity contribution is 0.0694. The molecule has 1 heterocycles. The molecule has 0 amide bonds. The summed E-state index contributed by atoms with van der Waals surface area (Å²) in [6, 6.07) is 2.64. The second-order valence-electron chi connectivity index (χ2n) is 2.81. The Morgan fingerprint density at radius 1 is 1.69 bits per heavy atom. The van der Waals surface area contributed by atoms with Crippen LogP contribution in [-0.4, -0.2) is 26.0 Å². The number of aromatic carboxylic acids is 1. The molecule has 0 aliphatic heterocycles. The van der Waals surface area contributed by atoms with Crippen molar-refractivity contribution in [3.05, 3.63) is 27.5 Å². The average molecular weight is 240 g/mol. The van der Waals surface area contributed by atoms with Gasteiger partial charge in [0.1, 0.15) is 16.7 Å². The molecule has 0 aliphatic rings. The highest BCUT2D eigenvalue weighted by Gasteiger charge is 2.16. The highest BCUT2D eigenvalue weighted by atomic mass is 32.2. The van der Waals surface area contributed by atoms with Crippen LogP contribution in [0.5, 0.6) is 0 Å². The van der Waals surface area contributed by atoms with Crippen LogP contribution >= 0.6 is 0 Å². The number of nitrogens with one attached hydrogen (secondary N) is 1. The van der Waals surface area contributed by atoms with Crippen LogP contribution in [0.25, 0.3) is 0 Å². The van der Waals surface area contributed by atoms with E-state index in [9.17, 15) is 13.8 Å². The van der Waals surface area contributed by atoms with Crippen molar-refractivity contribution in [2.24, 2.45) is 0 Å². The van der Waals surface area contributed by atoms with Crippen LogP contribution in [0.2, 0.25) is 0 Å². The van der Waals surface area contributed by atoms with Gasteiger partial charge in [-0.05, 0) is 6.07 Å². The molecule has 0 radical (unpaired) electrons. The summed E-state index contributed by atoms with van der Waals surface area (Å²) < 4.78 is 11.5. The maximum absolute atomic E-state index is 11.5. The van der Waals surface area contributed by atoms with Gasteiger partial charge in [-0.1, -0.05) is 6.92 Å². The zero-order valence-electron chi connectivity index (χ0n) is 8.31. The highest BCUT2D eigenvalue weighted by molar-refractivity contribution is 7.85. The van der Waals surface area contributed by atoms with Gasteiger partial charge >= 0.3 is 5.97 Å². The van der Waals surface area contributed by atoms with Gasteiger partial charge in [-0.2, -0.15) is 5.26 Å². The lowest BCUT2D eigenvalue weighted by Gasteiger charge is -2.02. The van der Waals surface area contributed by atoms with Gasteiger partial charge in [0.05, 0.1) is 16.4 Å². The number of carboxylic acid groups (broad SMARTS) is 1. The van der Waals surface area contributed by atoms with E-state index < -0.39 is 27.9 Å². The minimum Gasteiger partial charge on any atom is -0.477 e. The number of aromatic nitrogens is 1. The molecule has 1 aromatic heterocycles. The second kappa shape index (κ2) is 4.72. The van der Waals surface area contributed by atoms with Gasteiger partial charge < -0.3 is 10.1 Å². The summed E-state index contributed by atoms with van der Waals surface area (Å²) in [5.74, 6) is -1.19. The number of nitrogens with zero attached hydrogens (tertiary/aromatic N) is 1. The fourth-order valence-corrected chi connectivity index (χ4v) is 1.92. The molecule has 0 fully saturated rings. The van der Waals surface area contributed by atoms with Crippen LogP contribution in [0.15, 0.2) is 15.9 Å². The predicted octanol–water partition coefficient (Wildman–Crippen LogP) is 0.0723. The Balaban J connectivity index is 3.52. The van der Waals surface area contributed by atoms with E-state index in [1.807, 2.05) is 0 Å². The molecule has 1 unspecified atom stereocenters. The van der Waals surface area contributed by atoms with E-state index in [1.165, 1.54) is 0 Å². The molecule has 6 nitrogen and oxygen atoms in total. The third-order valence-corrected chi connectivity index (χ3v) is 3.15. The molecular weight excluding hydrogens is 232 g/mol. The van der Waals surface area contributed by atoms with Gasteiger partial charge in [-0.3, -0.25) is 9.00 Å². The Labute approximate surface area is 93.0 Å². The molecule has 0 aliphatic carbocycles. The van der Waals surface area contributed by atoms with Gasteiger partial charge in [0.25, 0.3) is 5.56 Å². The number of carboxylic acids is 1. The van der Waals surface area contributed by atoms with Crippen LogP contribution in [0.1, 0.15) is 22.8 Å². The second-order valence-corrected chi connectivity index (χ2v) is 4.48. The Morgan fingerprint density at radius 2 is 2.31 bits per heavy atom.